The Kier molecular flexibility index (Phi) is 5.93. The lowest BCUT2D eigenvalue weighted by Crippen LogP contribution is -2.49. The molecule has 0 atom stereocenters. The minimum absolute atomic E-state index is 0.302. The Hall–Kier alpha value is -4.15. The monoisotopic (exact) mass is 529 g/mol. The summed E-state index contributed by atoms with van der Waals surface area (Å²) in [7, 11) is -0.613. The maximum absolute atomic E-state index is 13.9. The van der Waals surface area contributed by atoms with Crippen LogP contribution in [0.5, 0.6) is 11.5 Å². The van der Waals surface area contributed by atoms with Gasteiger partial charge in [0.15, 0.2) is 11.5 Å². The van der Waals surface area contributed by atoms with Gasteiger partial charge in [0.2, 0.25) is 16.0 Å². The maximum atomic E-state index is 13.9. The number of nitrogens with two attached hydrogens (primary N) is 1. The van der Waals surface area contributed by atoms with Gasteiger partial charge in [0.05, 0.1) is 24.6 Å². The summed E-state index contributed by atoms with van der Waals surface area (Å²) in [5.41, 5.74) is 6.90. The van der Waals surface area contributed by atoms with Gasteiger partial charge in [-0.15, -0.1) is 0 Å². The fourth-order valence-electron chi connectivity index (χ4n) is 5.11. The van der Waals surface area contributed by atoms with Crippen LogP contribution in [0, 0.1) is 0 Å². The van der Waals surface area contributed by atoms with Crippen LogP contribution in [0.15, 0.2) is 71.6 Å². The molecular weight excluding hydrogens is 502 g/mol. The Morgan fingerprint density at radius 1 is 0.763 bits per heavy atom. The molecule has 1 aliphatic heterocycles. The van der Waals surface area contributed by atoms with Gasteiger partial charge in [0.25, 0.3) is 0 Å². The van der Waals surface area contributed by atoms with Gasteiger partial charge in [-0.1, -0.05) is 48.5 Å². The zero-order valence-electron chi connectivity index (χ0n) is 21.1. The third-order valence-electron chi connectivity index (χ3n) is 7.09. The number of methoxy groups -OCH3 is 2. The van der Waals surface area contributed by atoms with Crippen LogP contribution in [0.4, 0.5) is 11.8 Å². The van der Waals surface area contributed by atoms with Crippen LogP contribution in [0.3, 0.4) is 0 Å². The van der Waals surface area contributed by atoms with E-state index in [0.717, 1.165) is 21.5 Å². The Labute approximate surface area is 220 Å². The van der Waals surface area contributed by atoms with Gasteiger partial charge in [-0.05, 0) is 28.3 Å². The van der Waals surface area contributed by atoms with Crippen LogP contribution in [0.25, 0.3) is 32.4 Å². The number of hydrogen-bond acceptors (Lipinski definition) is 8. The number of piperazine rings is 1. The molecule has 1 aromatic heterocycles. The second kappa shape index (κ2) is 9.30. The molecule has 10 heteroatoms. The molecule has 6 rings (SSSR count). The Morgan fingerprint density at radius 3 is 2.11 bits per heavy atom. The standard InChI is InChI=1S/C28H27N5O4S/c1-36-24-16-22-23(17-25(24)37-2)30-28(31-27(22)29)32-11-13-33(14-12-32)38(34,35)26-15-18-7-3-4-8-19(18)20-9-5-6-10-21(20)26/h3-10,15-17H,11-14H2,1-2H3,(H2,29,30,31). The molecule has 9 nitrogen and oxygen atoms in total. The summed E-state index contributed by atoms with van der Waals surface area (Å²) in [6, 6.07) is 20.8. The fraction of sp³-hybridized carbons (Fsp3) is 0.214. The van der Waals surface area contributed by atoms with Crippen LogP contribution < -0.4 is 20.1 Å². The quantitative estimate of drug-likeness (QED) is 0.340. The van der Waals surface area contributed by atoms with E-state index in [-0.39, 0.29) is 0 Å². The van der Waals surface area contributed by atoms with Gasteiger partial charge < -0.3 is 20.1 Å². The van der Waals surface area contributed by atoms with E-state index in [4.69, 9.17) is 20.2 Å². The normalized spacial score (nSPS) is 14.8. The summed E-state index contributed by atoms with van der Waals surface area (Å²) in [5.74, 6) is 1.87. The Balaban J connectivity index is 1.30. The lowest BCUT2D eigenvalue weighted by molar-refractivity contribution is 0.356. The first-order valence-electron chi connectivity index (χ1n) is 12.3. The molecule has 0 amide bonds. The van der Waals surface area contributed by atoms with Gasteiger partial charge in [-0.3, -0.25) is 0 Å². The first-order chi connectivity index (χ1) is 18.4. The zero-order valence-corrected chi connectivity index (χ0v) is 21.9. The van der Waals surface area contributed by atoms with Crippen LogP contribution in [-0.2, 0) is 10.0 Å². The second-order valence-electron chi connectivity index (χ2n) is 9.17. The van der Waals surface area contributed by atoms with Crippen molar-refractivity contribution >= 4 is 54.2 Å². The number of ether oxygens (including phenoxy) is 2. The van der Waals surface area contributed by atoms with Crippen molar-refractivity contribution in [1.29, 1.82) is 0 Å². The number of aromatic nitrogens is 2. The Morgan fingerprint density at radius 2 is 1.39 bits per heavy atom. The molecule has 2 N–H and O–H groups in total. The summed E-state index contributed by atoms with van der Waals surface area (Å²) in [6.45, 7) is 1.47. The summed E-state index contributed by atoms with van der Waals surface area (Å²) in [4.78, 5) is 11.5. The highest BCUT2D eigenvalue weighted by atomic mass is 32.2. The molecule has 0 aliphatic carbocycles. The van der Waals surface area contributed by atoms with Crippen LogP contribution >= 0.6 is 0 Å². The number of anilines is 2. The topological polar surface area (TPSA) is 111 Å². The van der Waals surface area contributed by atoms with Gasteiger partial charge in [-0.2, -0.15) is 9.29 Å². The van der Waals surface area contributed by atoms with E-state index in [1.54, 1.807) is 36.7 Å². The van der Waals surface area contributed by atoms with Crippen molar-refractivity contribution in [2.75, 3.05) is 51.0 Å². The minimum atomic E-state index is -3.73. The van der Waals surface area contributed by atoms with Gasteiger partial charge in [0.1, 0.15) is 5.82 Å². The summed E-state index contributed by atoms with van der Waals surface area (Å²) < 4.78 is 40.1. The highest BCUT2D eigenvalue weighted by Crippen LogP contribution is 2.35. The first-order valence-corrected chi connectivity index (χ1v) is 13.7. The van der Waals surface area contributed by atoms with Gasteiger partial charge in [0, 0.05) is 43.0 Å². The average Bonchev–Trinajstić information content (AvgIpc) is 2.96. The lowest BCUT2D eigenvalue weighted by atomic mass is 10.0. The largest absolute Gasteiger partial charge is 0.493 e. The van der Waals surface area contributed by atoms with Gasteiger partial charge >= 0.3 is 0 Å². The lowest BCUT2D eigenvalue weighted by Gasteiger charge is -2.34. The molecule has 1 fully saturated rings. The van der Waals surface area contributed by atoms with E-state index in [0.29, 0.717) is 65.2 Å². The molecule has 1 saturated heterocycles. The van der Waals surface area contributed by atoms with Crippen molar-refractivity contribution in [3.05, 3.63) is 66.7 Å². The third kappa shape index (κ3) is 3.93. The molecule has 5 aromatic rings. The molecule has 194 valence electrons. The number of benzene rings is 4. The van der Waals surface area contributed by atoms with Crippen molar-refractivity contribution < 1.29 is 17.9 Å². The minimum Gasteiger partial charge on any atom is -0.493 e. The highest BCUT2D eigenvalue weighted by molar-refractivity contribution is 7.89. The molecule has 0 radical (unpaired) electrons. The van der Waals surface area contributed by atoms with Crippen molar-refractivity contribution in [3.8, 4) is 11.5 Å². The SMILES string of the molecule is COc1cc2nc(N3CCN(S(=O)(=O)c4cc5ccccc5c5ccccc45)CC3)nc(N)c2cc1OC. The number of nitrogens with zero attached hydrogens (tertiary/aromatic N) is 4. The fourth-order valence-corrected chi connectivity index (χ4v) is 6.76. The van der Waals surface area contributed by atoms with E-state index in [9.17, 15) is 8.42 Å². The van der Waals surface area contributed by atoms with E-state index in [1.165, 1.54) is 0 Å². The molecule has 0 spiro atoms. The molecule has 1 aliphatic rings. The Bertz CT molecular complexity index is 1800. The van der Waals surface area contributed by atoms with Gasteiger partial charge in [-0.25, -0.2) is 13.4 Å². The average molecular weight is 530 g/mol. The first kappa shape index (κ1) is 24.2. The molecule has 0 unspecified atom stereocenters. The second-order valence-corrected chi connectivity index (χ2v) is 11.1. The van der Waals surface area contributed by atoms with E-state index < -0.39 is 10.0 Å². The molecule has 0 saturated carbocycles. The van der Waals surface area contributed by atoms with Crippen molar-refractivity contribution in [2.45, 2.75) is 4.90 Å². The third-order valence-corrected chi connectivity index (χ3v) is 9.03. The number of rotatable bonds is 5. The number of hydrogen-bond donors (Lipinski definition) is 1. The molecule has 2 heterocycles. The molecule has 38 heavy (non-hydrogen) atoms. The van der Waals surface area contributed by atoms with Crippen LogP contribution in [0.1, 0.15) is 0 Å². The van der Waals surface area contributed by atoms with Crippen molar-refractivity contribution in [1.82, 2.24) is 14.3 Å². The summed E-state index contributed by atoms with van der Waals surface area (Å²) in [6.07, 6.45) is 0. The maximum Gasteiger partial charge on any atom is 0.243 e. The number of sulfonamides is 1. The van der Waals surface area contributed by atoms with Crippen molar-refractivity contribution in [2.24, 2.45) is 0 Å². The smallest absolute Gasteiger partial charge is 0.243 e. The molecule has 0 bridgehead atoms. The van der Waals surface area contributed by atoms with E-state index >= 15 is 0 Å². The predicted octanol–water partition coefficient (Wildman–Crippen LogP) is 4.05. The predicted molar refractivity (Wildman–Crippen MR) is 149 cm³/mol. The number of nitrogen functional groups attached to an aromatic ring is 1. The molecular formula is C28H27N5O4S. The highest BCUT2D eigenvalue weighted by Gasteiger charge is 2.31. The van der Waals surface area contributed by atoms with E-state index in [2.05, 4.69) is 4.98 Å². The van der Waals surface area contributed by atoms with E-state index in [1.807, 2.05) is 53.4 Å². The summed E-state index contributed by atoms with van der Waals surface area (Å²) >= 11 is 0. The van der Waals surface area contributed by atoms with Crippen LogP contribution in [0.2, 0.25) is 0 Å². The summed E-state index contributed by atoms with van der Waals surface area (Å²) in [5, 5.41) is 4.25. The number of fused-ring (bicyclic) bond motifs is 4. The zero-order chi connectivity index (χ0) is 26.4. The van der Waals surface area contributed by atoms with Crippen molar-refractivity contribution in [3.63, 3.8) is 0 Å². The molecule has 4 aromatic carbocycles. The van der Waals surface area contributed by atoms with Crippen LogP contribution in [-0.4, -0.2) is 63.1 Å².